The van der Waals surface area contributed by atoms with Crippen molar-refractivity contribution < 1.29 is 13.2 Å². The quantitative estimate of drug-likeness (QED) is 0.869. The fourth-order valence-corrected chi connectivity index (χ4v) is 1.88. The standard InChI is InChI=1S/C14H12F3N/c1-8-4-9(6-11(16)5-8)14(18)12-3-2-10(15)7-13(12)17/h2-7,14H,18H2,1H3. The van der Waals surface area contributed by atoms with E-state index in [9.17, 15) is 13.2 Å². The van der Waals surface area contributed by atoms with Gasteiger partial charge < -0.3 is 5.73 Å². The van der Waals surface area contributed by atoms with Crippen LogP contribution in [-0.4, -0.2) is 0 Å². The van der Waals surface area contributed by atoms with Crippen molar-refractivity contribution in [3.8, 4) is 0 Å². The van der Waals surface area contributed by atoms with Gasteiger partial charge in [-0.2, -0.15) is 0 Å². The zero-order valence-corrected chi connectivity index (χ0v) is 9.75. The highest BCUT2D eigenvalue weighted by molar-refractivity contribution is 5.34. The molecule has 94 valence electrons. The molecule has 0 aromatic heterocycles. The highest BCUT2D eigenvalue weighted by Gasteiger charge is 2.15. The molecule has 4 heteroatoms. The first-order valence-electron chi connectivity index (χ1n) is 5.45. The van der Waals surface area contributed by atoms with Gasteiger partial charge >= 0.3 is 0 Å². The van der Waals surface area contributed by atoms with Crippen molar-refractivity contribution in [1.29, 1.82) is 0 Å². The maximum Gasteiger partial charge on any atom is 0.131 e. The summed E-state index contributed by atoms with van der Waals surface area (Å²) in [6.07, 6.45) is 0. The van der Waals surface area contributed by atoms with Crippen LogP contribution in [0.15, 0.2) is 36.4 Å². The fraction of sp³-hybridized carbons (Fsp3) is 0.143. The van der Waals surface area contributed by atoms with E-state index in [2.05, 4.69) is 0 Å². The summed E-state index contributed by atoms with van der Waals surface area (Å²) in [4.78, 5) is 0. The predicted molar refractivity (Wildman–Crippen MR) is 63.5 cm³/mol. The van der Waals surface area contributed by atoms with Crippen LogP contribution in [0.4, 0.5) is 13.2 Å². The Morgan fingerprint density at radius 1 is 0.944 bits per heavy atom. The van der Waals surface area contributed by atoms with Gasteiger partial charge in [0.2, 0.25) is 0 Å². The van der Waals surface area contributed by atoms with Crippen LogP contribution in [0.1, 0.15) is 22.7 Å². The minimum atomic E-state index is -0.819. The minimum Gasteiger partial charge on any atom is -0.320 e. The largest absolute Gasteiger partial charge is 0.320 e. The Balaban J connectivity index is 2.44. The molecule has 0 radical (unpaired) electrons. The van der Waals surface area contributed by atoms with Gasteiger partial charge in [-0.05, 0) is 36.2 Å². The van der Waals surface area contributed by atoms with E-state index in [0.717, 1.165) is 12.1 Å². The Kier molecular flexibility index (Phi) is 3.39. The SMILES string of the molecule is Cc1cc(F)cc(C(N)c2ccc(F)cc2F)c1. The zero-order chi connectivity index (χ0) is 13.3. The highest BCUT2D eigenvalue weighted by Crippen LogP contribution is 2.24. The van der Waals surface area contributed by atoms with Crippen LogP contribution in [0.5, 0.6) is 0 Å². The Morgan fingerprint density at radius 3 is 2.28 bits per heavy atom. The van der Waals surface area contributed by atoms with Gasteiger partial charge in [0.25, 0.3) is 0 Å². The van der Waals surface area contributed by atoms with Crippen molar-refractivity contribution in [3.05, 3.63) is 70.5 Å². The van der Waals surface area contributed by atoms with Crippen LogP contribution < -0.4 is 5.73 Å². The van der Waals surface area contributed by atoms with Crippen LogP contribution in [0.25, 0.3) is 0 Å². The first kappa shape index (κ1) is 12.6. The number of nitrogens with two attached hydrogens (primary N) is 1. The average molecular weight is 251 g/mol. The van der Waals surface area contributed by atoms with Crippen LogP contribution >= 0.6 is 0 Å². The lowest BCUT2D eigenvalue weighted by Crippen LogP contribution is -2.14. The minimum absolute atomic E-state index is 0.140. The molecule has 0 saturated heterocycles. The number of aryl methyl sites for hydroxylation is 1. The highest BCUT2D eigenvalue weighted by atomic mass is 19.1. The predicted octanol–water partition coefficient (Wildman–Crippen LogP) is 3.46. The lowest BCUT2D eigenvalue weighted by Gasteiger charge is -2.14. The Morgan fingerprint density at radius 2 is 1.67 bits per heavy atom. The maximum absolute atomic E-state index is 13.6. The monoisotopic (exact) mass is 251 g/mol. The third kappa shape index (κ3) is 2.54. The molecular weight excluding hydrogens is 239 g/mol. The average Bonchev–Trinajstić information content (AvgIpc) is 2.26. The number of halogens is 3. The molecule has 0 fully saturated rings. The lowest BCUT2D eigenvalue weighted by molar-refractivity contribution is 0.564. The van der Waals surface area contributed by atoms with Gasteiger partial charge in [-0.25, -0.2) is 13.2 Å². The summed E-state index contributed by atoms with van der Waals surface area (Å²) in [6.45, 7) is 1.72. The molecule has 0 spiro atoms. The van der Waals surface area contributed by atoms with E-state index < -0.39 is 23.5 Å². The molecule has 1 atom stereocenters. The summed E-state index contributed by atoms with van der Waals surface area (Å²) < 4.78 is 39.6. The van der Waals surface area contributed by atoms with E-state index in [4.69, 9.17) is 5.73 Å². The normalized spacial score (nSPS) is 12.5. The summed E-state index contributed by atoms with van der Waals surface area (Å²) >= 11 is 0. The van der Waals surface area contributed by atoms with Crippen molar-refractivity contribution >= 4 is 0 Å². The Labute approximate surface area is 103 Å². The Bertz CT molecular complexity index is 561. The van der Waals surface area contributed by atoms with Gasteiger partial charge in [-0.15, -0.1) is 0 Å². The van der Waals surface area contributed by atoms with E-state index in [-0.39, 0.29) is 5.56 Å². The first-order chi connectivity index (χ1) is 8.47. The number of benzene rings is 2. The number of hydrogen-bond acceptors (Lipinski definition) is 1. The van der Waals surface area contributed by atoms with Crippen LogP contribution in [0, 0.1) is 24.4 Å². The Hall–Kier alpha value is -1.81. The van der Waals surface area contributed by atoms with E-state index in [1.54, 1.807) is 13.0 Å². The van der Waals surface area contributed by atoms with E-state index in [0.29, 0.717) is 11.1 Å². The fourth-order valence-electron chi connectivity index (χ4n) is 1.88. The van der Waals surface area contributed by atoms with E-state index >= 15 is 0 Å². The molecule has 0 aliphatic carbocycles. The number of hydrogen-bond donors (Lipinski definition) is 1. The number of rotatable bonds is 2. The molecule has 0 heterocycles. The summed E-state index contributed by atoms with van der Waals surface area (Å²) in [5, 5.41) is 0. The lowest BCUT2D eigenvalue weighted by atomic mass is 9.97. The second kappa shape index (κ2) is 4.82. The molecule has 2 rings (SSSR count). The maximum atomic E-state index is 13.6. The van der Waals surface area contributed by atoms with Crippen molar-refractivity contribution in [2.24, 2.45) is 5.73 Å². The van der Waals surface area contributed by atoms with Gasteiger partial charge in [0, 0.05) is 11.6 Å². The molecule has 2 aromatic rings. The zero-order valence-electron chi connectivity index (χ0n) is 9.75. The summed E-state index contributed by atoms with van der Waals surface area (Å²) in [6, 6.07) is 6.63. The summed E-state index contributed by atoms with van der Waals surface area (Å²) in [5.74, 6) is -1.83. The first-order valence-corrected chi connectivity index (χ1v) is 5.45. The molecule has 0 bridgehead atoms. The molecule has 0 amide bonds. The third-order valence-electron chi connectivity index (χ3n) is 2.72. The molecule has 18 heavy (non-hydrogen) atoms. The third-order valence-corrected chi connectivity index (χ3v) is 2.72. The van der Waals surface area contributed by atoms with Crippen LogP contribution in [-0.2, 0) is 0 Å². The van der Waals surface area contributed by atoms with E-state index in [1.807, 2.05) is 0 Å². The molecular formula is C14H12F3N. The van der Waals surface area contributed by atoms with Gasteiger partial charge in [0.1, 0.15) is 17.5 Å². The molecule has 1 unspecified atom stereocenters. The van der Waals surface area contributed by atoms with Crippen molar-refractivity contribution in [2.75, 3.05) is 0 Å². The second-order valence-corrected chi connectivity index (χ2v) is 4.21. The summed E-state index contributed by atoms with van der Waals surface area (Å²) in [7, 11) is 0. The molecule has 0 aliphatic heterocycles. The van der Waals surface area contributed by atoms with Crippen LogP contribution in [0.2, 0.25) is 0 Å². The van der Waals surface area contributed by atoms with Crippen molar-refractivity contribution in [1.82, 2.24) is 0 Å². The molecule has 2 N–H and O–H groups in total. The van der Waals surface area contributed by atoms with Crippen molar-refractivity contribution in [2.45, 2.75) is 13.0 Å². The molecule has 0 saturated carbocycles. The van der Waals surface area contributed by atoms with Gasteiger partial charge in [0.15, 0.2) is 0 Å². The summed E-state index contributed by atoms with van der Waals surface area (Å²) in [5.41, 5.74) is 7.17. The molecule has 0 aliphatic rings. The van der Waals surface area contributed by atoms with E-state index in [1.165, 1.54) is 18.2 Å². The van der Waals surface area contributed by atoms with Crippen LogP contribution in [0.3, 0.4) is 0 Å². The topological polar surface area (TPSA) is 26.0 Å². The second-order valence-electron chi connectivity index (χ2n) is 4.21. The van der Waals surface area contributed by atoms with Gasteiger partial charge in [-0.1, -0.05) is 12.1 Å². The smallest absolute Gasteiger partial charge is 0.131 e. The molecule has 1 nitrogen and oxygen atoms in total. The van der Waals surface area contributed by atoms with Gasteiger partial charge in [-0.3, -0.25) is 0 Å². The van der Waals surface area contributed by atoms with Gasteiger partial charge in [0.05, 0.1) is 6.04 Å². The van der Waals surface area contributed by atoms with Crippen molar-refractivity contribution in [3.63, 3.8) is 0 Å². The molecule has 2 aromatic carbocycles.